The molecular weight excluding hydrogens is 991 g/mol. The molecule has 3 aliphatic heterocycles. The molecule has 396 valence electrons. The molecule has 3 aromatic carbocycles. The maximum absolute atomic E-state index is 14.1. The van der Waals surface area contributed by atoms with E-state index in [1.807, 2.05) is 30.5 Å². The Morgan fingerprint density at radius 1 is 0.526 bits per heavy atom. The molecule has 20 heteroatoms. The predicted molar refractivity (Wildman–Crippen MR) is 294 cm³/mol. The van der Waals surface area contributed by atoms with E-state index in [4.69, 9.17) is 21.3 Å². The van der Waals surface area contributed by atoms with Crippen LogP contribution in [0.25, 0.3) is 67.3 Å². The Kier molecular flexibility index (Phi) is 14.6. The highest BCUT2D eigenvalue weighted by Crippen LogP contribution is 2.37. The number of anilines is 3. The average Bonchev–Trinajstić information content (AvgIpc) is 4.17. The predicted octanol–water partition coefficient (Wildman–Crippen LogP) is 12.7. The number of hydrogen-bond donors (Lipinski definition) is 3. The van der Waals surface area contributed by atoms with Gasteiger partial charge in [0.2, 0.25) is 16.9 Å². The van der Waals surface area contributed by atoms with Crippen molar-refractivity contribution < 1.29 is 17.9 Å². The summed E-state index contributed by atoms with van der Waals surface area (Å²) in [6.07, 6.45) is 9.72. The van der Waals surface area contributed by atoms with Gasteiger partial charge in [-0.3, -0.25) is 15.3 Å². The number of ether oxygens (including phenoxy) is 1. The molecule has 0 aliphatic carbocycles. The zero-order valence-electron chi connectivity index (χ0n) is 43.9. The molecule has 0 bridgehead atoms. The monoisotopic (exact) mass is 1050 g/mol. The van der Waals surface area contributed by atoms with E-state index in [1.54, 1.807) is 37.7 Å². The van der Waals surface area contributed by atoms with Crippen LogP contribution < -0.4 is 19.4 Å². The van der Waals surface area contributed by atoms with Crippen LogP contribution in [-0.2, 0) is 0 Å². The van der Waals surface area contributed by atoms with Gasteiger partial charge >= 0.3 is 0 Å². The maximum Gasteiger partial charge on any atom is 0.263 e. The highest BCUT2D eigenvalue weighted by atomic mass is 35.5. The lowest BCUT2D eigenvalue weighted by Gasteiger charge is -2.37. The molecule has 16 nitrogen and oxygen atoms in total. The summed E-state index contributed by atoms with van der Waals surface area (Å²) in [5, 5.41) is 22.2. The van der Waals surface area contributed by atoms with Gasteiger partial charge in [0.25, 0.3) is 6.43 Å². The first-order valence-electron chi connectivity index (χ1n) is 25.8. The molecule has 0 atom stereocenters. The summed E-state index contributed by atoms with van der Waals surface area (Å²) in [4.78, 5) is 34.4. The standard InChI is InChI=1S/C19H21F2N5.C19H23N5O.C18H19ClFN5/c1-19(2)7-9-26(10-8-19)14-11-22-16-15(24-25-18(16)23-14)12-3-5-13(6-4-12)17(20)21;1-19(2)8-10-24(11-9-19)15-12-20-17-16(22-23-18(17)21-15)13-4-6-14(25-3)7-5-13;1-18(2)5-7-25(8-6-18)14-10-21-16-15(23-24-17(16)22-14)12-9-11(19)3-4-13(12)20/h3-6,11,17H,7-10H2,1-2H3,(H,23,24,25);4-7,12H,8-11H2,1-3H3,(H,21,22,23);3-4,9-10H,5-8H2,1-2H3,(H,22,23,24). The fourth-order valence-corrected chi connectivity index (χ4v) is 9.84. The molecule has 3 fully saturated rings. The van der Waals surface area contributed by atoms with Crippen LogP contribution in [0.4, 0.5) is 30.6 Å². The number of aromatic amines is 3. The number of fused-ring (bicyclic) bond motifs is 3. The van der Waals surface area contributed by atoms with Crippen molar-refractivity contribution in [3.05, 3.63) is 102 Å². The highest BCUT2D eigenvalue weighted by Gasteiger charge is 2.29. The Bertz CT molecular complexity index is 3440. The summed E-state index contributed by atoms with van der Waals surface area (Å²) >= 11 is 5.99. The second-order valence-corrected chi connectivity index (χ2v) is 22.7. The number of alkyl halides is 2. The van der Waals surface area contributed by atoms with E-state index in [9.17, 15) is 13.2 Å². The number of methoxy groups -OCH3 is 1. The number of nitrogens with one attached hydrogen (secondary N) is 3. The molecule has 9 aromatic rings. The van der Waals surface area contributed by atoms with Gasteiger partial charge in [-0.2, -0.15) is 15.3 Å². The van der Waals surface area contributed by atoms with Gasteiger partial charge in [-0.15, -0.1) is 0 Å². The van der Waals surface area contributed by atoms with Crippen molar-refractivity contribution in [1.82, 2.24) is 60.5 Å². The number of nitrogens with zero attached hydrogens (tertiary/aromatic N) is 12. The van der Waals surface area contributed by atoms with Crippen molar-refractivity contribution in [2.75, 3.05) is 61.1 Å². The zero-order valence-corrected chi connectivity index (χ0v) is 44.7. The molecule has 9 heterocycles. The molecule has 0 radical (unpaired) electrons. The quantitative estimate of drug-likeness (QED) is 0.131. The molecule has 6 aromatic heterocycles. The lowest BCUT2D eigenvalue weighted by atomic mass is 9.83. The van der Waals surface area contributed by atoms with E-state index in [2.05, 4.69) is 112 Å². The van der Waals surface area contributed by atoms with Crippen LogP contribution in [0, 0.1) is 22.1 Å². The Labute approximate surface area is 444 Å². The Hall–Kier alpha value is -7.41. The first-order chi connectivity index (χ1) is 36.4. The number of aromatic nitrogens is 12. The van der Waals surface area contributed by atoms with Crippen LogP contribution in [0.15, 0.2) is 85.3 Å². The summed E-state index contributed by atoms with van der Waals surface area (Å²) in [7, 11) is 1.66. The van der Waals surface area contributed by atoms with Crippen molar-refractivity contribution >= 4 is 62.5 Å². The maximum atomic E-state index is 14.1. The third-order valence-corrected chi connectivity index (χ3v) is 15.3. The van der Waals surface area contributed by atoms with Gasteiger partial charge in [-0.25, -0.2) is 43.1 Å². The molecule has 3 saturated heterocycles. The smallest absolute Gasteiger partial charge is 0.263 e. The molecule has 0 spiro atoms. The minimum atomic E-state index is -2.47. The fourth-order valence-electron chi connectivity index (χ4n) is 9.67. The zero-order chi connectivity index (χ0) is 53.4. The first-order valence-corrected chi connectivity index (χ1v) is 26.2. The van der Waals surface area contributed by atoms with Crippen LogP contribution in [-0.4, -0.2) is 107 Å². The van der Waals surface area contributed by atoms with Crippen LogP contribution in [0.2, 0.25) is 5.02 Å². The molecule has 0 saturated carbocycles. The molecule has 76 heavy (non-hydrogen) atoms. The first kappa shape index (κ1) is 52.0. The average molecular weight is 1050 g/mol. The molecule has 3 aliphatic rings. The van der Waals surface area contributed by atoms with Gasteiger partial charge in [0.05, 0.1) is 42.8 Å². The number of piperidine rings is 3. The van der Waals surface area contributed by atoms with Gasteiger partial charge in [-0.05, 0) is 97.2 Å². The second kappa shape index (κ2) is 21.3. The summed E-state index contributed by atoms with van der Waals surface area (Å²) in [5.74, 6) is 3.01. The van der Waals surface area contributed by atoms with Crippen LogP contribution >= 0.6 is 11.6 Å². The second-order valence-electron chi connectivity index (χ2n) is 22.2. The van der Waals surface area contributed by atoms with Gasteiger partial charge in [-0.1, -0.05) is 77.4 Å². The summed E-state index contributed by atoms with van der Waals surface area (Å²) in [6, 6.07) is 18.4. The molecule has 3 N–H and O–H groups in total. The Morgan fingerprint density at radius 3 is 1.28 bits per heavy atom. The topological polar surface area (TPSA) is 182 Å². The van der Waals surface area contributed by atoms with Crippen LogP contribution in [0.1, 0.15) is 92.1 Å². The van der Waals surface area contributed by atoms with Crippen molar-refractivity contribution in [3.63, 3.8) is 0 Å². The number of hydrogen-bond acceptors (Lipinski definition) is 13. The number of H-pyrrole nitrogens is 3. The molecular formula is C56H63ClF3N15O. The largest absolute Gasteiger partial charge is 0.497 e. The minimum Gasteiger partial charge on any atom is -0.497 e. The van der Waals surface area contributed by atoms with E-state index in [-0.39, 0.29) is 11.4 Å². The Balaban J connectivity index is 0.000000130. The normalized spacial score (nSPS) is 17.1. The summed E-state index contributed by atoms with van der Waals surface area (Å²) < 4.78 is 44.8. The van der Waals surface area contributed by atoms with Crippen molar-refractivity contribution in [2.24, 2.45) is 16.2 Å². The molecule has 12 rings (SSSR count). The van der Waals surface area contributed by atoms with E-state index < -0.39 is 6.43 Å². The lowest BCUT2D eigenvalue weighted by molar-refractivity contribution is 0.151. The van der Waals surface area contributed by atoms with Gasteiger partial charge in [0, 0.05) is 66.5 Å². The fraction of sp³-hybridized carbons (Fsp3) is 0.411. The minimum absolute atomic E-state index is 0.000959. The SMILES string of the molecule is CC1(C)CCN(c2cnc3c(-c4cc(Cl)ccc4F)[nH]nc3n2)CC1.CC1(C)CCN(c2cnc3c(-c4ccc(C(F)F)cc4)[nH]nc3n2)CC1.COc1ccc(-c2[nH]nc3nc(N4CCC(C)(C)CC4)cnc23)cc1. The van der Waals surface area contributed by atoms with Crippen LogP contribution in [0.3, 0.4) is 0 Å². The number of rotatable bonds is 8. The van der Waals surface area contributed by atoms with Crippen molar-refractivity contribution in [1.29, 1.82) is 0 Å². The highest BCUT2D eigenvalue weighted by molar-refractivity contribution is 6.30. The van der Waals surface area contributed by atoms with Crippen LogP contribution in [0.5, 0.6) is 5.75 Å². The van der Waals surface area contributed by atoms with E-state index in [0.29, 0.717) is 66.2 Å². The van der Waals surface area contributed by atoms with Crippen molar-refractivity contribution in [2.45, 2.75) is 86.5 Å². The summed E-state index contributed by atoms with van der Waals surface area (Å²) in [5.41, 5.74) is 9.04. The van der Waals surface area contributed by atoms with Gasteiger partial charge < -0.3 is 19.4 Å². The van der Waals surface area contributed by atoms with E-state index in [1.165, 1.54) is 37.1 Å². The molecule has 0 unspecified atom stereocenters. The summed E-state index contributed by atoms with van der Waals surface area (Å²) in [6.45, 7) is 19.7. The van der Waals surface area contributed by atoms with Crippen molar-refractivity contribution in [3.8, 4) is 39.5 Å². The van der Waals surface area contributed by atoms with E-state index >= 15 is 0 Å². The van der Waals surface area contributed by atoms with E-state index in [0.717, 1.165) is 110 Å². The lowest BCUT2D eigenvalue weighted by Crippen LogP contribution is -2.37. The number of halogens is 4. The number of benzene rings is 3. The third-order valence-electron chi connectivity index (χ3n) is 15.1. The van der Waals surface area contributed by atoms with Gasteiger partial charge in [0.15, 0.2) is 0 Å². The third kappa shape index (κ3) is 11.5. The Morgan fingerprint density at radius 2 is 0.895 bits per heavy atom. The molecule has 0 amide bonds. The van der Waals surface area contributed by atoms with Gasteiger partial charge in [0.1, 0.15) is 45.6 Å².